The second-order valence-corrected chi connectivity index (χ2v) is 3.35. The molecule has 0 aliphatic rings. The molecule has 2 aromatic rings. The maximum absolute atomic E-state index is 12.8. The van der Waals surface area contributed by atoms with Gasteiger partial charge in [0.1, 0.15) is 0 Å². The number of alkyl halides is 3. The van der Waals surface area contributed by atoms with E-state index < -0.39 is 11.9 Å². The van der Waals surface area contributed by atoms with Crippen molar-refractivity contribution in [2.24, 2.45) is 0 Å². The summed E-state index contributed by atoms with van der Waals surface area (Å²) in [5.41, 5.74) is -0.563. The first-order chi connectivity index (χ1) is 8.04. The number of aromatic amines is 1. The number of ether oxygens (including phenoxy) is 1. The summed E-state index contributed by atoms with van der Waals surface area (Å²) >= 11 is 0. The fraction of sp³-hybridized carbons (Fsp3) is 0.182. The average Bonchev–Trinajstić information content (AvgIpc) is 2.73. The minimum Gasteiger partial charge on any atom is -0.479 e. The third kappa shape index (κ3) is 2.11. The lowest BCUT2D eigenvalue weighted by Crippen LogP contribution is -2.07. The molecule has 0 saturated heterocycles. The van der Waals surface area contributed by atoms with Gasteiger partial charge in [-0.3, -0.25) is 5.10 Å². The summed E-state index contributed by atoms with van der Waals surface area (Å²) in [4.78, 5) is 0. The highest BCUT2D eigenvalue weighted by atomic mass is 19.4. The Bertz CT molecular complexity index is 505. The minimum atomic E-state index is -4.49. The zero-order valence-corrected chi connectivity index (χ0v) is 8.88. The predicted molar refractivity (Wildman–Crippen MR) is 55.6 cm³/mol. The Morgan fingerprint density at radius 1 is 1.18 bits per heavy atom. The van der Waals surface area contributed by atoms with Crippen molar-refractivity contribution in [3.8, 4) is 17.0 Å². The highest BCUT2D eigenvalue weighted by Crippen LogP contribution is 2.40. The average molecular weight is 242 g/mol. The van der Waals surface area contributed by atoms with Gasteiger partial charge in [-0.05, 0) is 5.56 Å². The number of H-pyrrole nitrogens is 1. The van der Waals surface area contributed by atoms with Crippen LogP contribution in [-0.2, 0) is 6.18 Å². The molecule has 0 spiro atoms. The van der Waals surface area contributed by atoms with Crippen LogP contribution in [0.2, 0.25) is 0 Å². The largest absolute Gasteiger partial charge is 0.479 e. The van der Waals surface area contributed by atoms with Gasteiger partial charge in [-0.25, -0.2) is 0 Å². The second-order valence-electron chi connectivity index (χ2n) is 3.35. The van der Waals surface area contributed by atoms with Crippen LogP contribution in [-0.4, -0.2) is 17.3 Å². The molecule has 3 nitrogen and oxygen atoms in total. The van der Waals surface area contributed by atoms with Gasteiger partial charge < -0.3 is 4.74 Å². The van der Waals surface area contributed by atoms with E-state index in [-0.39, 0.29) is 11.4 Å². The lowest BCUT2D eigenvalue weighted by Gasteiger charge is -2.07. The van der Waals surface area contributed by atoms with E-state index in [1.54, 1.807) is 30.3 Å². The smallest absolute Gasteiger partial charge is 0.433 e. The van der Waals surface area contributed by atoms with Crippen molar-refractivity contribution in [1.29, 1.82) is 0 Å². The lowest BCUT2D eigenvalue weighted by atomic mass is 10.1. The number of hydrogen-bond donors (Lipinski definition) is 1. The predicted octanol–water partition coefficient (Wildman–Crippen LogP) is 3.10. The molecular weight excluding hydrogens is 233 g/mol. The molecule has 1 N–H and O–H groups in total. The molecule has 1 aromatic carbocycles. The van der Waals surface area contributed by atoms with Crippen LogP contribution in [0.25, 0.3) is 11.1 Å². The van der Waals surface area contributed by atoms with Gasteiger partial charge in [0, 0.05) is 0 Å². The Morgan fingerprint density at radius 3 is 2.35 bits per heavy atom. The summed E-state index contributed by atoms with van der Waals surface area (Å²) in [6.07, 6.45) is -4.49. The first kappa shape index (κ1) is 11.5. The van der Waals surface area contributed by atoms with E-state index >= 15 is 0 Å². The van der Waals surface area contributed by atoms with Crippen LogP contribution in [0.5, 0.6) is 5.88 Å². The number of halogens is 3. The molecule has 6 heteroatoms. The Morgan fingerprint density at radius 2 is 1.82 bits per heavy atom. The summed E-state index contributed by atoms with van der Waals surface area (Å²) in [6.45, 7) is 0. The summed E-state index contributed by atoms with van der Waals surface area (Å²) in [5, 5.41) is 5.47. The molecule has 0 bridgehead atoms. The first-order valence-corrected chi connectivity index (χ1v) is 4.79. The van der Waals surface area contributed by atoms with Gasteiger partial charge in [0.05, 0.1) is 12.7 Å². The molecule has 0 aliphatic heterocycles. The number of aromatic nitrogens is 2. The molecular formula is C11H9F3N2O. The van der Waals surface area contributed by atoms with Gasteiger partial charge in [0.15, 0.2) is 5.69 Å². The van der Waals surface area contributed by atoms with Crippen molar-refractivity contribution in [3.05, 3.63) is 36.0 Å². The Labute approximate surface area is 95.2 Å². The van der Waals surface area contributed by atoms with Crippen LogP contribution in [0.3, 0.4) is 0 Å². The minimum absolute atomic E-state index is 0.0662. The Hall–Kier alpha value is -1.98. The third-order valence-corrected chi connectivity index (χ3v) is 2.27. The number of nitrogens with zero attached hydrogens (tertiary/aromatic N) is 1. The van der Waals surface area contributed by atoms with Crippen molar-refractivity contribution in [2.45, 2.75) is 6.18 Å². The lowest BCUT2D eigenvalue weighted by molar-refractivity contribution is -0.140. The van der Waals surface area contributed by atoms with Crippen LogP contribution in [0.4, 0.5) is 13.2 Å². The van der Waals surface area contributed by atoms with E-state index in [0.717, 1.165) is 0 Å². The van der Waals surface area contributed by atoms with Crippen LogP contribution in [0, 0.1) is 0 Å². The molecule has 0 saturated carbocycles. The number of rotatable bonds is 2. The molecule has 17 heavy (non-hydrogen) atoms. The fourth-order valence-corrected chi connectivity index (χ4v) is 1.55. The standard InChI is InChI=1S/C11H9F3N2O/c1-17-10-8(7-5-3-2-4-6-7)9(15-16-10)11(12,13)14/h2-6H,1H3,(H,15,16). The summed E-state index contributed by atoms with van der Waals surface area (Å²) in [6, 6.07) is 8.18. The van der Waals surface area contributed by atoms with E-state index in [1.165, 1.54) is 7.11 Å². The number of methoxy groups -OCH3 is 1. The van der Waals surface area contributed by atoms with Gasteiger partial charge in [-0.2, -0.15) is 13.2 Å². The molecule has 0 fully saturated rings. The maximum Gasteiger partial charge on any atom is 0.433 e. The maximum atomic E-state index is 12.8. The second kappa shape index (κ2) is 4.12. The van der Waals surface area contributed by atoms with Gasteiger partial charge in [0.2, 0.25) is 5.88 Å². The van der Waals surface area contributed by atoms with Crippen LogP contribution in [0.1, 0.15) is 5.69 Å². The zero-order chi connectivity index (χ0) is 12.5. The zero-order valence-electron chi connectivity index (χ0n) is 8.88. The van der Waals surface area contributed by atoms with Crippen molar-refractivity contribution in [3.63, 3.8) is 0 Å². The molecule has 1 aromatic heterocycles. The summed E-state index contributed by atoms with van der Waals surface area (Å²) in [7, 11) is 1.28. The molecule has 0 atom stereocenters. The van der Waals surface area contributed by atoms with Crippen molar-refractivity contribution < 1.29 is 17.9 Å². The molecule has 0 amide bonds. The Kier molecular flexibility index (Phi) is 2.79. The normalized spacial score (nSPS) is 11.5. The van der Waals surface area contributed by atoms with Gasteiger partial charge in [-0.1, -0.05) is 30.3 Å². The summed E-state index contributed by atoms with van der Waals surface area (Å²) in [5.74, 6) is -0.0662. The monoisotopic (exact) mass is 242 g/mol. The molecule has 1 heterocycles. The number of benzene rings is 1. The number of nitrogens with one attached hydrogen (secondary N) is 1. The van der Waals surface area contributed by atoms with E-state index in [4.69, 9.17) is 4.74 Å². The highest BCUT2D eigenvalue weighted by molar-refractivity contribution is 5.71. The third-order valence-electron chi connectivity index (χ3n) is 2.27. The molecule has 0 unspecified atom stereocenters. The highest BCUT2D eigenvalue weighted by Gasteiger charge is 2.38. The topological polar surface area (TPSA) is 37.9 Å². The quantitative estimate of drug-likeness (QED) is 0.878. The van der Waals surface area contributed by atoms with Gasteiger partial charge >= 0.3 is 6.18 Å². The van der Waals surface area contributed by atoms with E-state index in [2.05, 4.69) is 5.10 Å². The van der Waals surface area contributed by atoms with Crippen molar-refractivity contribution >= 4 is 0 Å². The van der Waals surface area contributed by atoms with E-state index in [9.17, 15) is 13.2 Å². The molecule has 0 aliphatic carbocycles. The van der Waals surface area contributed by atoms with Crippen LogP contribution >= 0.6 is 0 Å². The van der Waals surface area contributed by atoms with Gasteiger partial charge in [0.25, 0.3) is 0 Å². The van der Waals surface area contributed by atoms with E-state index in [1.807, 2.05) is 5.10 Å². The SMILES string of the molecule is COc1n[nH]c(C(F)(F)F)c1-c1ccccc1. The van der Waals surface area contributed by atoms with Crippen LogP contribution in [0.15, 0.2) is 30.3 Å². The fourth-order valence-electron chi connectivity index (χ4n) is 1.55. The van der Waals surface area contributed by atoms with Gasteiger partial charge in [-0.15, -0.1) is 5.10 Å². The first-order valence-electron chi connectivity index (χ1n) is 4.79. The number of hydrogen-bond acceptors (Lipinski definition) is 2. The summed E-state index contributed by atoms with van der Waals surface area (Å²) < 4.78 is 43.1. The van der Waals surface area contributed by atoms with E-state index in [0.29, 0.717) is 5.56 Å². The molecule has 0 radical (unpaired) electrons. The molecule has 90 valence electrons. The van der Waals surface area contributed by atoms with Crippen LogP contribution < -0.4 is 4.74 Å². The van der Waals surface area contributed by atoms with Crippen molar-refractivity contribution in [2.75, 3.05) is 7.11 Å². The van der Waals surface area contributed by atoms with Crippen molar-refractivity contribution in [1.82, 2.24) is 10.2 Å². The Balaban J connectivity index is 2.62. The molecule has 2 rings (SSSR count).